The molecule has 0 aromatic heterocycles. The van der Waals surface area contributed by atoms with Crippen molar-refractivity contribution in [3.05, 3.63) is 30.4 Å². The highest BCUT2D eigenvalue weighted by atomic mass is 32.2. The number of carbonyl (C=O) groups is 1. The van der Waals surface area contributed by atoms with E-state index in [1.54, 1.807) is 11.8 Å². The van der Waals surface area contributed by atoms with E-state index >= 15 is 0 Å². The SMILES string of the molecule is CCC1C=CCN1C(=O)CCSc1ccc2c(c1)OCCO2. The van der Waals surface area contributed by atoms with Crippen LogP contribution in [0.2, 0.25) is 0 Å². The second kappa shape index (κ2) is 7.09. The molecule has 1 amide bonds. The van der Waals surface area contributed by atoms with Crippen LogP contribution in [0.1, 0.15) is 19.8 Å². The highest BCUT2D eigenvalue weighted by Crippen LogP contribution is 2.34. The van der Waals surface area contributed by atoms with Crippen molar-refractivity contribution in [1.82, 2.24) is 4.90 Å². The molecule has 1 aromatic carbocycles. The monoisotopic (exact) mass is 319 g/mol. The minimum atomic E-state index is 0.238. The summed E-state index contributed by atoms with van der Waals surface area (Å²) in [6.45, 7) is 4.08. The maximum atomic E-state index is 12.3. The summed E-state index contributed by atoms with van der Waals surface area (Å²) in [5.74, 6) is 2.63. The van der Waals surface area contributed by atoms with Crippen LogP contribution in [-0.4, -0.2) is 42.4 Å². The summed E-state index contributed by atoms with van der Waals surface area (Å²) < 4.78 is 11.1. The lowest BCUT2D eigenvalue weighted by Gasteiger charge is -2.23. The summed E-state index contributed by atoms with van der Waals surface area (Å²) in [6.07, 6.45) is 5.76. The van der Waals surface area contributed by atoms with Gasteiger partial charge in [0.15, 0.2) is 11.5 Å². The molecule has 0 radical (unpaired) electrons. The molecule has 4 nitrogen and oxygen atoms in total. The van der Waals surface area contributed by atoms with Crippen LogP contribution < -0.4 is 9.47 Å². The molecule has 2 aliphatic rings. The number of fused-ring (bicyclic) bond motifs is 1. The molecule has 1 unspecified atom stereocenters. The average molecular weight is 319 g/mol. The lowest BCUT2D eigenvalue weighted by atomic mass is 10.2. The van der Waals surface area contributed by atoms with Gasteiger partial charge in [0.1, 0.15) is 13.2 Å². The van der Waals surface area contributed by atoms with Crippen molar-refractivity contribution >= 4 is 17.7 Å². The van der Waals surface area contributed by atoms with Crippen LogP contribution in [0.4, 0.5) is 0 Å². The molecular formula is C17H21NO3S. The minimum absolute atomic E-state index is 0.238. The quantitative estimate of drug-likeness (QED) is 0.617. The Morgan fingerprint density at radius 3 is 2.95 bits per heavy atom. The van der Waals surface area contributed by atoms with Crippen LogP contribution in [0, 0.1) is 0 Å². The van der Waals surface area contributed by atoms with Crippen molar-refractivity contribution in [2.45, 2.75) is 30.7 Å². The lowest BCUT2D eigenvalue weighted by Crippen LogP contribution is -2.35. The summed E-state index contributed by atoms with van der Waals surface area (Å²) >= 11 is 1.69. The number of rotatable bonds is 5. The average Bonchev–Trinajstić information content (AvgIpc) is 3.03. The Bertz CT molecular complexity index is 573. The number of hydrogen-bond donors (Lipinski definition) is 0. The summed E-state index contributed by atoms with van der Waals surface area (Å²) in [7, 11) is 0. The Kier molecular flexibility index (Phi) is 4.93. The van der Waals surface area contributed by atoms with Gasteiger partial charge in [-0.3, -0.25) is 4.79 Å². The molecule has 2 aliphatic heterocycles. The van der Waals surface area contributed by atoms with Crippen molar-refractivity contribution in [2.75, 3.05) is 25.5 Å². The van der Waals surface area contributed by atoms with E-state index in [4.69, 9.17) is 9.47 Å². The number of nitrogens with zero attached hydrogens (tertiary/aromatic N) is 1. The van der Waals surface area contributed by atoms with Gasteiger partial charge in [0.25, 0.3) is 0 Å². The number of carbonyl (C=O) groups excluding carboxylic acids is 1. The fraction of sp³-hybridized carbons (Fsp3) is 0.471. The van der Waals surface area contributed by atoms with Gasteiger partial charge < -0.3 is 14.4 Å². The minimum Gasteiger partial charge on any atom is -0.486 e. The molecule has 0 bridgehead atoms. The van der Waals surface area contributed by atoms with Gasteiger partial charge in [-0.05, 0) is 24.6 Å². The third-order valence-electron chi connectivity index (χ3n) is 3.90. The topological polar surface area (TPSA) is 38.8 Å². The molecule has 1 aromatic rings. The summed E-state index contributed by atoms with van der Waals surface area (Å²) in [5.41, 5.74) is 0. The van der Waals surface area contributed by atoms with Gasteiger partial charge >= 0.3 is 0 Å². The normalized spacial score (nSPS) is 19.5. The highest BCUT2D eigenvalue weighted by Gasteiger charge is 2.22. The fourth-order valence-corrected chi connectivity index (χ4v) is 3.59. The third-order valence-corrected chi connectivity index (χ3v) is 4.89. The Morgan fingerprint density at radius 2 is 2.14 bits per heavy atom. The van der Waals surface area contributed by atoms with Crippen molar-refractivity contribution in [1.29, 1.82) is 0 Å². The zero-order valence-corrected chi connectivity index (χ0v) is 13.6. The van der Waals surface area contributed by atoms with Gasteiger partial charge in [-0.2, -0.15) is 0 Å². The Balaban J connectivity index is 1.50. The van der Waals surface area contributed by atoms with Crippen LogP contribution in [-0.2, 0) is 4.79 Å². The number of hydrogen-bond acceptors (Lipinski definition) is 4. The molecule has 3 rings (SSSR count). The fourth-order valence-electron chi connectivity index (χ4n) is 2.73. The van der Waals surface area contributed by atoms with Crippen LogP contribution in [0.25, 0.3) is 0 Å². The second-order valence-corrected chi connectivity index (χ2v) is 6.52. The van der Waals surface area contributed by atoms with E-state index in [1.807, 2.05) is 23.1 Å². The van der Waals surface area contributed by atoms with Gasteiger partial charge in [0, 0.05) is 23.6 Å². The summed E-state index contributed by atoms with van der Waals surface area (Å²) in [5, 5.41) is 0. The van der Waals surface area contributed by atoms with E-state index in [9.17, 15) is 4.79 Å². The molecule has 118 valence electrons. The molecule has 5 heteroatoms. The van der Waals surface area contributed by atoms with E-state index < -0.39 is 0 Å². The molecule has 0 saturated carbocycles. The maximum Gasteiger partial charge on any atom is 0.224 e. The zero-order valence-electron chi connectivity index (χ0n) is 12.8. The molecule has 0 fully saturated rings. The van der Waals surface area contributed by atoms with Gasteiger partial charge in [-0.1, -0.05) is 19.1 Å². The van der Waals surface area contributed by atoms with Gasteiger partial charge in [0.05, 0.1) is 6.04 Å². The Labute approximate surface area is 135 Å². The largest absolute Gasteiger partial charge is 0.486 e. The molecule has 0 aliphatic carbocycles. The number of ether oxygens (including phenoxy) is 2. The number of amides is 1. The maximum absolute atomic E-state index is 12.3. The third kappa shape index (κ3) is 3.40. The molecular weight excluding hydrogens is 298 g/mol. The molecule has 1 atom stereocenters. The zero-order chi connectivity index (χ0) is 15.4. The number of thioether (sulfide) groups is 1. The smallest absolute Gasteiger partial charge is 0.224 e. The second-order valence-electron chi connectivity index (χ2n) is 5.35. The molecule has 0 spiro atoms. The first-order chi connectivity index (χ1) is 10.8. The first-order valence-electron chi connectivity index (χ1n) is 7.76. The van der Waals surface area contributed by atoms with Crippen molar-refractivity contribution in [3.63, 3.8) is 0 Å². The van der Waals surface area contributed by atoms with Crippen LogP contribution >= 0.6 is 11.8 Å². The standard InChI is InChI=1S/C17H21NO3S/c1-2-13-4-3-8-18(13)17(19)7-11-22-14-5-6-15-16(12-14)21-10-9-20-15/h3-6,12-13H,2,7-11H2,1H3. The van der Waals surface area contributed by atoms with Crippen molar-refractivity contribution in [3.8, 4) is 11.5 Å². The van der Waals surface area contributed by atoms with Crippen LogP contribution in [0.15, 0.2) is 35.2 Å². The van der Waals surface area contributed by atoms with E-state index in [2.05, 4.69) is 19.1 Å². The van der Waals surface area contributed by atoms with E-state index in [-0.39, 0.29) is 11.9 Å². The van der Waals surface area contributed by atoms with E-state index in [1.165, 1.54) is 0 Å². The van der Waals surface area contributed by atoms with E-state index in [0.717, 1.165) is 35.1 Å². The van der Waals surface area contributed by atoms with Gasteiger partial charge in [-0.25, -0.2) is 0 Å². The molecule has 0 saturated heterocycles. The molecule has 22 heavy (non-hydrogen) atoms. The molecule has 2 heterocycles. The van der Waals surface area contributed by atoms with Gasteiger partial charge in [-0.15, -0.1) is 11.8 Å². The summed E-state index contributed by atoms with van der Waals surface area (Å²) in [4.78, 5) is 15.3. The van der Waals surface area contributed by atoms with Crippen molar-refractivity contribution < 1.29 is 14.3 Å². The predicted molar refractivity (Wildman–Crippen MR) is 87.7 cm³/mol. The summed E-state index contributed by atoms with van der Waals surface area (Å²) in [6, 6.07) is 6.24. The van der Waals surface area contributed by atoms with Gasteiger partial charge in [0.2, 0.25) is 5.91 Å². The first-order valence-corrected chi connectivity index (χ1v) is 8.75. The predicted octanol–water partition coefficient (Wildman–Crippen LogP) is 3.12. The van der Waals surface area contributed by atoms with Crippen LogP contribution in [0.5, 0.6) is 11.5 Å². The highest BCUT2D eigenvalue weighted by molar-refractivity contribution is 7.99. The lowest BCUT2D eigenvalue weighted by molar-refractivity contribution is -0.131. The number of benzene rings is 1. The molecule has 0 N–H and O–H groups in total. The first kappa shape index (κ1) is 15.3. The van der Waals surface area contributed by atoms with Crippen LogP contribution in [0.3, 0.4) is 0 Å². The van der Waals surface area contributed by atoms with Crippen molar-refractivity contribution in [2.24, 2.45) is 0 Å². The van der Waals surface area contributed by atoms with E-state index in [0.29, 0.717) is 19.6 Å². The Morgan fingerprint density at radius 1 is 1.32 bits per heavy atom. The Hall–Kier alpha value is -1.62.